The molecule has 1 atom stereocenters. The fraction of sp³-hybridized carbons (Fsp3) is 0.261. The molecular formula is C23H25N7OS. The van der Waals surface area contributed by atoms with Crippen LogP contribution >= 0.6 is 11.8 Å². The molecule has 32 heavy (non-hydrogen) atoms. The summed E-state index contributed by atoms with van der Waals surface area (Å²) in [6.07, 6.45) is 0. The van der Waals surface area contributed by atoms with Gasteiger partial charge in [-0.2, -0.15) is 15.0 Å². The van der Waals surface area contributed by atoms with E-state index in [9.17, 15) is 0 Å². The van der Waals surface area contributed by atoms with Gasteiger partial charge in [-0.1, -0.05) is 62.9 Å². The molecular weight excluding hydrogens is 422 g/mol. The Balaban J connectivity index is 1.48. The average Bonchev–Trinajstić information content (AvgIpc) is 3.22. The molecule has 2 aromatic heterocycles. The molecule has 4 aromatic rings. The van der Waals surface area contributed by atoms with Gasteiger partial charge in [0.05, 0.1) is 5.25 Å². The maximum absolute atomic E-state index is 5.90. The van der Waals surface area contributed by atoms with Crippen LogP contribution in [0.1, 0.15) is 44.3 Å². The molecule has 0 unspecified atom stereocenters. The van der Waals surface area contributed by atoms with Crippen molar-refractivity contribution in [3.05, 3.63) is 66.0 Å². The van der Waals surface area contributed by atoms with Crippen molar-refractivity contribution in [3.8, 4) is 11.5 Å². The summed E-state index contributed by atoms with van der Waals surface area (Å²) in [6.45, 7) is 8.49. The molecule has 4 rings (SSSR count). The van der Waals surface area contributed by atoms with Gasteiger partial charge in [0.1, 0.15) is 5.82 Å². The molecule has 0 aliphatic rings. The first-order chi connectivity index (χ1) is 15.3. The molecule has 0 spiro atoms. The van der Waals surface area contributed by atoms with Gasteiger partial charge in [0.25, 0.3) is 5.22 Å². The summed E-state index contributed by atoms with van der Waals surface area (Å²) in [7, 11) is 0. The van der Waals surface area contributed by atoms with Crippen molar-refractivity contribution in [1.82, 2.24) is 25.1 Å². The highest BCUT2D eigenvalue weighted by Gasteiger charge is 2.19. The van der Waals surface area contributed by atoms with E-state index in [4.69, 9.17) is 10.2 Å². The standard InChI is InChI=1S/C23H25N7OS/c1-14(18-26-20(24)28-21(27-18)25-17-8-6-5-7-9-17)32-22-30-29-19(31-22)15-10-12-16(13-11-15)23(2,3)4/h5-14H,1-4H3,(H3,24,25,26,27,28)/t14-/m1/s1. The Morgan fingerprint density at radius 3 is 2.34 bits per heavy atom. The Morgan fingerprint density at radius 2 is 1.66 bits per heavy atom. The SMILES string of the molecule is C[C@@H](Sc1nnc(-c2ccc(C(C)(C)C)cc2)o1)c1nc(N)nc(Nc2ccccc2)n1. The van der Waals surface area contributed by atoms with Gasteiger partial charge in [-0.15, -0.1) is 10.2 Å². The second-order valence-electron chi connectivity index (χ2n) is 8.33. The van der Waals surface area contributed by atoms with Crippen LogP contribution in [0.3, 0.4) is 0 Å². The third-order valence-corrected chi connectivity index (χ3v) is 5.68. The second kappa shape index (κ2) is 8.96. The van der Waals surface area contributed by atoms with E-state index in [1.807, 2.05) is 49.4 Å². The van der Waals surface area contributed by atoms with E-state index >= 15 is 0 Å². The van der Waals surface area contributed by atoms with Crippen molar-refractivity contribution in [2.75, 3.05) is 11.1 Å². The smallest absolute Gasteiger partial charge is 0.277 e. The van der Waals surface area contributed by atoms with Crippen molar-refractivity contribution < 1.29 is 4.42 Å². The first-order valence-corrected chi connectivity index (χ1v) is 11.1. The zero-order valence-electron chi connectivity index (χ0n) is 18.4. The van der Waals surface area contributed by atoms with Crippen molar-refractivity contribution in [2.24, 2.45) is 0 Å². The summed E-state index contributed by atoms with van der Waals surface area (Å²) in [5.74, 6) is 1.53. The molecule has 0 fully saturated rings. The Labute approximate surface area is 191 Å². The minimum absolute atomic E-state index is 0.0877. The number of anilines is 3. The number of nitrogens with one attached hydrogen (secondary N) is 1. The maximum Gasteiger partial charge on any atom is 0.277 e. The fourth-order valence-electron chi connectivity index (χ4n) is 2.99. The normalized spacial score (nSPS) is 12.5. The Bertz CT molecular complexity index is 1190. The monoisotopic (exact) mass is 447 g/mol. The molecule has 0 amide bonds. The molecule has 0 aliphatic heterocycles. The topological polar surface area (TPSA) is 116 Å². The van der Waals surface area contributed by atoms with Gasteiger partial charge < -0.3 is 15.5 Å². The number of aromatic nitrogens is 5. The lowest BCUT2D eigenvalue weighted by Gasteiger charge is -2.18. The number of hydrogen-bond acceptors (Lipinski definition) is 9. The Kier molecular flexibility index (Phi) is 6.09. The summed E-state index contributed by atoms with van der Waals surface area (Å²) < 4.78 is 5.87. The van der Waals surface area contributed by atoms with Crippen LogP contribution in [0.5, 0.6) is 0 Å². The van der Waals surface area contributed by atoms with Gasteiger partial charge >= 0.3 is 0 Å². The Morgan fingerprint density at radius 1 is 0.938 bits per heavy atom. The van der Waals surface area contributed by atoms with Crippen molar-refractivity contribution >= 4 is 29.3 Å². The first kappa shape index (κ1) is 21.8. The van der Waals surface area contributed by atoms with E-state index in [1.54, 1.807) is 0 Å². The minimum atomic E-state index is -0.173. The molecule has 0 saturated heterocycles. The fourth-order valence-corrected chi connectivity index (χ4v) is 3.72. The highest BCUT2D eigenvalue weighted by molar-refractivity contribution is 7.99. The lowest BCUT2D eigenvalue weighted by molar-refractivity contribution is 0.464. The summed E-state index contributed by atoms with van der Waals surface area (Å²) in [6, 6.07) is 17.8. The summed E-state index contributed by atoms with van der Waals surface area (Å²) >= 11 is 1.37. The van der Waals surface area contributed by atoms with Crippen LogP contribution in [0.25, 0.3) is 11.5 Å². The van der Waals surface area contributed by atoms with Crippen LogP contribution in [-0.2, 0) is 5.41 Å². The largest absolute Gasteiger partial charge is 0.411 e. The molecule has 9 heteroatoms. The second-order valence-corrected chi connectivity index (χ2v) is 9.62. The van der Waals surface area contributed by atoms with E-state index < -0.39 is 0 Å². The molecule has 0 radical (unpaired) electrons. The highest BCUT2D eigenvalue weighted by atomic mass is 32.2. The lowest BCUT2D eigenvalue weighted by atomic mass is 9.87. The zero-order chi connectivity index (χ0) is 22.7. The number of rotatable bonds is 6. The van der Waals surface area contributed by atoms with Crippen molar-refractivity contribution in [3.63, 3.8) is 0 Å². The number of nitrogen functional groups attached to an aromatic ring is 1. The van der Waals surface area contributed by atoms with Gasteiger partial charge in [-0.3, -0.25) is 0 Å². The van der Waals surface area contributed by atoms with Gasteiger partial charge in [0, 0.05) is 11.3 Å². The molecule has 2 heterocycles. The first-order valence-electron chi connectivity index (χ1n) is 10.2. The van der Waals surface area contributed by atoms with E-state index in [0.717, 1.165) is 11.3 Å². The van der Waals surface area contributed by atoms with E-state index in [-0.39, 0.29) is 16.6 Å². The predicted molar refractivity (Wildman–Crippen MR) is 127 cm³/mol. The van der Waals surface area contributed by atoms with Crippen LogP contribution in [0, 0.1) is 0 Å². The molecule has 164 valence electrons. The van der Waals surface area contributed by atoms with E-state index in [0.29, 0.717) is 22.9 Å². The molecule has 0 bridgehead atoms. The average molecular weight is 448 g/mol. The third kappa shape index (κ3) is 5.23. The maximum atomic E-state index is 5.90. The number of nitrogens with two attached hydrogens (primary N) is 1. The number of thioether (sulfide) groups is 1. The molecule has 8 nitrogen and oxygen atoms in total. The van der Waals surface area contributed by atoms with E-state index in [1.165, 1.54) is 17.3 Å². The van der Waals surface area contributed by atoms with Crippen LogP contribution in [0.4, 0.5) is 17.6 Å². The molecule has 2 aromatic carbocycles. The number of benzene rings is 2. The van der Waals surface area contributed by atoms with Gasteiger partial charge in [0.2, 0.25) is 17.8 Å². The highest BCUT2D eigenvalue weighted by Crippen LogP contribution is 2.34. The third-order valence-electron chi connectivity index (χ3n) is 4.75. The predicted octanol–water partition coefficient (Wildman–Crippen LogP) is 5.40. The number of nitrogens with zero attached hydrogens (tertiary/aromatic N) is 5. The number of para-hydroxylation sites is 1. The van der Waals surface area contributed by atoms with Gasteiger partial charge in [0.15, 0.2) is 0 Å². The van der Waals surface area contributed by atoms with Crippen LogP contribution in [-0.4, -0.2) is 25.1 Å². The minimum Gasteiger partial charge on any atom is -0.411 e. The van der Waals surface area contributed by atoms with Crippen LogP contribution in [0.2, 0.25) is 0 Å². The molecule has 0 aliphatic carbocycles. The lowest BCUT2D eigenvalue weighted by Crippen LogP contribution is -2.10. The van der Waals surface area contributed by atoms with Gasteiger partial charge in [-0.05, 0) is 42.2 Å². The zero-order valence-corrected chi connectivity index (χ0v) is 19.2. The van der Waals surface area contributed by atoms with Crippen molar-refractivity contribution in [1.29, 1.82) is 0 Å². The summed E-state index contributed by atoms with van der Waals surface area (Å²) in [5.41, 5.74) is 8.98. The van der Waals surface area contributed by atoms with Crippen LogP contribution < -0.4 is 11.1 Å². The van der Waals surface area contributed by atoms with E-state index in [2.05, 4.69) is 63.4 Å². The molecule has 3 N–H and O–H groups in total. The Hall–Kier alpha value is -3.46. The van der Waals surface area contributed by atoms with Gasteiger partial charge in [-0.25, -0.2) is 0 Å². The van der Waals surface area contributed by atoms with Crippen molar-refractivity contribution in [2.45, 2.75) is 43.6 Å². The quantitative estimate of drug-likeness (QED) is 0.375. The number of hydrogen-bond donors (Lipinski definition) is 2. The molecule has 0 saturated carbocycles. The van der Waals surface area contributed by atoms with Crippen LogP contribution in [0.15, 0.2) is 64.2 Å². The summed E-state index contributed by atoms with van der Waals surface area (Å²) in [5, 5.41) is 11.8. The summed E-state index contributed by atoms with van der Waals surface area (Å²) in [4.78, 5) is 12.9.